The first kappa shape index (κ1) is 14.0. The van der Waals surface area contributed by atoms with E-state index in [4.69, 9.17) is 0 Å². The highest BCUT2D eigenvalue weighted by Gasteiger charge is 2.17. The summed E-state index contributed by atoms with van der Waals surface area (Å²) in [5, 5.41) is 5.84. The van der Waals surface area contributed by atoms with Crippen molar-refractivity contribution >= 4 is 40.1 Å². The van der Waals surface area contributed by atoms with Crippen LogP contribution in [-0.4, -0.2) is 31.5 Å². The summed E-state index contributed by atoms with van der Waals surface area (Å²) >= 11 is 1.50. The Morgan fingerprint density at radius 2 is 2.08 bits per heavy atom. The number of amides is 1. The number of anilines is 2. The molecule has 4 aromatic rings. The molecule has 120 valence electrons. The number of benzene rings is 1. The number of thiazole rings is 1. The van der Waals surface area contributed by atoms with Gasteiger partial charge in [-0.2, -0.15) is 0 Å². The van der Waals surface area contributed by atoms with Gasteiger partial charge in [0, 0.05) is 41.3 Å². The maximum absolute atomic E-state index is 11.6. The first-order valence-corrected chi connectivity index (χ1v) is 8.39. The van der Waals surface area contributed by atoms with Gasteiger partial charge in [0.2, 0.25) is 0 Å². The molecule has 1 aliphatic rings. The van der Waals surface area contributed by atoms with Gasteiger partial charge in [-0.05, 0) is 12.1 Å². The minimum Gasteiger partial charge on any atom is -0.313 e. The Bertz CT molecular complexity index is 1150. The fraction of sp³-hybridized carbons (Fsp3) is 0. The predicted molar refractivity (Wildman–Crippen MR) is 95.7 cm³/mol. The van der Waals surface area contributed by atoms with E-state index < -0.39 is 0 Å². The van der Waals surface area contributed by atoms with Gasteiger partial charge in [-0.15, -0.1) is 11.3 Å². The molecule has 0 spiro atoms. The predicted octanol–water partition coefficient (Wildman–Crippen LogP) is 3.17. The van der Waals surface area contributed by atoms with E-state index in [2.05, 4.69) is 25.3 Å². The number of rotatable bonds is 3. The molecule has 8 heteroatoms. The van der Waals surface area contributed by atoms with Crippen LogP contribution in [0.5, 0.6) is 0 Å². The zero-order valence-corrected chi connectivity index (χ0v) is 13.6. The Hall–Kier alpha value is -3.39. The maximum Gasteiger partial charge on any atom is 0.277 e. The summed E-state index contributed by atoms with van der Waals surface area (Å²) in [6, 6.07) is 5.63. The van der Waals surface area contributed by atoms with Crippen LogP contribution in [-0.2, 0) is 0 Å². The fourth-order valence-corrected chi connectivity index (χ4v) is 3.36. The Balaban J connectivity index is 1.62. The van der Waals surface area contributed by atoms with Gasteiger partial charge in [-0.1, -0.05) is 6.07 Å². The summed E-state index contributed by atoms with van der Waals surface area (Å²) in [7, 11) is 0. The quantitative estimate of drug-likeness (QED) is 0.616. The first-order chi connectivity index (χ1) is 12.3. The first-order valence-electron chi connectivity index (χ1n) is 7.51. The van der Waals surface area contributed by atoms with Crippen molar-refractivity contribution < 1.29 is 4.79 Å². The number of nitrogens with one attached hydrogen (secondary N) is 1. The molecule has 0 aliphatic carbocycles. The number of imidazole rings is 1. The molecule has 0 bridgehead atoms. The van der Waals surface area contributed by atoms with E-state index >= 15 is 0 Å². The van der Waals surface area contributed by atoms with E-state index in [1.54, 1.807) is 30.9 Å². The molecule has 0 atom stereocenters. The van der Waals surface area contributed by atoms with Crippen molar-refractivity contribution in [3.8, 4) is 11.3 Å². The van der Waals surface area contributed by atoms with Crippen LogP contribution in [0, 0.1) is 0 Å². The highest BCUT2D eigenvalue weighted by Crippen LogP contribution is 2.28. The van der Waals surface area contributed by atoms with E-state index in [1.165, 1.54) is 11.3 Å². The SMILES string of the molecule is O=C1N=Cc2cc(-c3cnc(Nc4nccs4)c4nccn34)ccc21. The van der Waals surface area contributed by atoms with E-state index in [0.29, 0.717) is 17.0 Å². The van der Waals surface area contributed by atoms with Crippen LogP contribution in [0.2, 0.25) is 0 Å². The molecule has 0 radical (unpaired) electrons. The van der Waals surface area contributed by atoms with Crippen LogP contribution >= 0.6 is 11.3 Å². The number of fused-ring (bicyclic) bond motifs is 2. The van der Waals surface area contributed by atoms with E-state index in [0.717, 1.165) is 22.0 Å². The average molecular weight is 346 g/mol. The van der Waals surface area contributed by atoms with Crippen LogP contribution in [0.3, 0.4) is 0 Å². The van der Waals surface area contributed by atoms with Crippen molar-refractivity contribution in [2.75, 3.05) is 5.32 Å². The summed E-state index contributed by atoms with van der Waals surface area (Å²) in [5.74, 6) is 0.442. The third-order valence-electron chi connectivity index (χ3n) is 3.98. The molecule has 0 saturated heterocycles. The van der Waals surface area contributed by atoms with Crippen LogP contribution in [0.1, 0.15) is 15.9 Å². The number of aromatic nitrogens is 4. The van der Waals surface area contributed by atoms with E-state index in [-0.39, 0.29) is 5.91 Å². The highest BCUT2D eigenvalue weighted by atomic mass is 32.1. The molecule has 0 fully saturated rings. The number of nitrogens with zero attached hydrogens (tertiary/aromatic N) is 5. The second kappa shape index (κ2) is 5.32. The zero-order chi connectivity index (χ0) is 16.8. The van der Waals surface area contributed by atoms with Crippen molar-refractivity contribution in [2.45, 2.75) is 0 Å². The Labute approximate surface area is 145 Å². The van der Waals surface area contributed by atoms with Crippen LogP contribution in [0.25, 0.3) is 16.9 Å². The number of hydrogen-bond acceptors (Lipinski definition) is 6. The van der Waals surface area contributed by atoms with E-state index in [9.17, 15) is 4.79 Å². The smallest absolute Gasteiger partial charge is 0.277 e. The molecule has 0 unspecified atom stereocenters. The normalized spacial score (nSPS) is 12.7. The second-order valence-corrected chi connectivity index (χ2v) is 6.34. The van der Waals surface area contributed by atoms with E-state index in [1.807, 2.05) is 28.1 Å². The number of aliphatic imine (C=N–C) groups is 1. The van der Waals surface area contributed by atoms with Gasteiger partial charge in [-0.3, -0.25) is 9.20 Å². The zero-order valence-electron chi connectivity index (χ0n) is 12.7. The van der Waals surface area contributed by atoms with Gasteiger partial charge in [0.05, 0.1) is 17.5 Å². The van der Waals surface area contributed by atoms with Crippen molar-refractivity contribution in [1.29, 1.82) is 0 Å². The molecule has 1 aromatic carbocycles. The Kier molecular flexibility index (Phi) is 2.98. The molecule has 3 aromatic heterocycles. The molecule has 5 rings (SSSR count). The van der Waals surface area contributed by atoms with Crippen molar-refractivity contribution in [2.24, 2.45) is 4.99 Å². The molecule has 4 heterocycles. The van der Waals surface area contributed by atoms with Crippen molar-refractivity contribution in [3.63, 3.8) is 0 Å². The third-order valence-corrected chi connectivity index (χ3v) is 4.67. The maximum atomic E-state index is 11.6. The molecule has 7 nitrogen and oxygen atoms in total. The molecule has 1 amide bonds. The van der Waals surface area contributed by atoms with Crippen LogP contribution in [0.4, 0.5) is 10.9 Å². The number of carbonyl (C=O) groups excluding carboxylic acids is 1. The lowest BCUT2D eigenvalue weighted by molar-refractivity contribution is 0.101. The third kappa shape index (κ3) is 2.23. The molecular weight excluding hydrogens is 336 g/mol. The van der Waals surface area contributed by atoms with Crippen molar-refractivity contribution in [3.05, 3.63) is 59.5 Å². The van der Waals surface area contributed by atoms with Gasteiger partial charge in [0.25, 0.3) is 5.91 Å². The molecular formula is C17H10N6OS. The summed E-state index contributed by atoms with van der Waals surface area (Å²) in [4.78, 5) is 28.6. The fourth-order valence-electron chi connectivity index (χ4n) is 2.83. The van der Waals surface area contributed by atoms with Crippen LogP contribution in [0.15, 0.2) is 53.4 Å². The molecule has 25 heavy (non-hydrogen) atoms. The molecule has 0 saturated carbocycles. The second-order valence-electron chi connectivity index (χ2n) is 5.44. The number of carbonyl (C=O) groups is 1. The minimum absolute atomic E-state index is 0.199. The Morgan fingerprint density at radius 1 is 1.12 bits per heavy atom. The van der Waals surface area contributed by atoms with Gasteiger partial charge in [0.15, 0.2) is 16.6 Å². The largest absolute Gasteiger partial charge is 0.313 e. The van der Waals surface area contributed by atoms with Gasteiger partial charge >= 0.3 is 0 Å². The standard InChI is InChI=1S/C17H10N6OS/c24-16-12-2-1-10(7-11(12)8-21-16)13-9-20-14(15-18-3-5-23(13)15)22-17-19-4-6-25-17/h1-9H,(H,19,20,22). The monoisotopic (exact) mass is 346 g/mol. The topological polar surface area (TPSA) is 84.5 Å². The van der Waals surface area contributed by atoms with Crippen molar-refractivity contribution in [1.82, 2.24) is 19.4 Å². The lowest BCUT2D eigenvalue weighted by Gasteiger charge is -2.10. The van der Waals surface area contributed by atoms with Gasteiger partial charge in [-0.25, -0.2) is 19.9 Å². The molecule has 1 aliphatic heterocycles. The summed E-state index contributed by atoms with van der Waals surface area (Å²) in [6.45, 7) is 0. The van der Waals surface area contributed by atoms with Gasteiger partial charge < -0.3 is 5.32 Å². The summed E-state index contributed by atoms with van der Waals surface area (Å²) < 4.78 is 1.96. The minimum atomic E-state index is -0.199. The lowest BCUT2D eigenvalue weighted by Crippen LogP contribution is -2.01. The van der Waals surface area contributed by atoms with Gasteiger partial charge in [0.1, 0.15) is 0 Å². The lowest BCUT2D eigenvalue weighted by atomic mass is 10.0. The number of hydrogen-bond donors (Lipinski definition) is 1. The summed E-state index contributed by atoms with van der Waals surface area (Å²) in [5.41, 5.74) is 3.98. The average Bonchev–Trinajstić information content (AvgIpc) is 3.36. The summed E-state index contributed by atoms with van der Waals surface area (Å²) in [6.07, 6.45) is 8.72. The highest BCUT2D eigenvalue weighted by molar-refractivity contribution is 7.13. The Morgan fingerprint density at radius 3 is 2.96 bits per heavy atom. The van der Waals surface area contributed by atoms with Crippen LogP contribution < -0.4 is 5.32 Å². The molecule has 1 N–H and O–H groups in total.